The smallest absolute Gasteiger partial charge is 0.257 e. The van der Waals surface area contributed by atoms with Gasteiger partial charge in [-0.15, -0.1) is 0 Å². The average molecular weight is 275 g/mol. The Balaban J connectivity index is 2.55. The second kappa shape index (κ2) is 7.13. The van der Waals surface area contributed by atoms with Gasteiger partial charge in [0, 0.05) is 25.3 Å². The molecular formula is C13H16F3NO2. The number of benzene rings is 1. The summed E-state index contributed by atoms with van der Waals surface area (Å²) in [4.78, 5) is 11.5. The second-order valence-corrected chi connectivity index (χ2v) is 4.43. The van der Waals surface area contributed by atoms with Gasteiger partial charge in [-0.2, -0.15) is 0 Å². The zero-order chi connectivity index (χ0) is 14.4. The zero-order valence-corrected chi connectivity index (χ0v) is 10.5. The first kappa shape index (κ1) is 15.5. The lowest BCUT2D eigenvalue weighted by Crippen LogP contribution is -2.27. The predicted octanol–water partition coefficient (Wildman–Crippen LogP) is 2.24. The molecule has 0 heterocycles. The van der Waals surface area contributed by atoms with Gasteiger partial charge >= 0.3 is 0 Å². The SMILES string of the molecule is CC(CO)CCCNC(=O)c1c(F)cc(F)cc1F. The fraction of sp³-hybridized carbons (Fsp3) is 0.462. The first-order chi connectivity index (χ1) is 8.95. The fourth-order valence-electron chi connectivity index (χ4n) is 1.59. The molecule has 1 amide bonds. The normalized spacial score (nSPS) is 12.3. The third-order valence-electron chi connectivity index (χ3n) is 2.70. The van der Waals surface area contributed by atoms with Crippen molar-refractivity contribution in [2.24, 2.45) is 5.92 Å². The van der Waals surface area contributed by atoms with Crippen LogP contribution in [0.3, 0.4) is 0 Å². The summed E-state index contributed by atoms with van der Waals surface area (Å²) < 4.78 is 39.2. The van der Waals surface area contributed by atoms with Gasteiger partial charge in [0.1, 0.15) is 23.0 Å². The van der Waals surface area contributed by atoms with Crippen molar-refractivity contribution in [1.82, 2.24) is 5.32 Å². The van der Waals surface area contributed by atoms with Crippen molar-refractivity contribution in [1.29, 1.82) is 0 Å². The van der Waals surface area contributed by atoms with E-state index in [1.807, 2.05) is 6.92 Å². The van der Waals surface area contributed by atoms with Gasteiger partial charge in [-0.25, -0.2) is 13.2 Å². The van der Waals surface area contributed by atoms with Gasteiger partial charge in [0.15, 0.2) is 0 Å². The third kappa shape index (κ3) is 4.55. The van der Waals surface area contributed by atoms with E-state index in [4.69, 9.17) is 5.11 Å². The Morgan fingerprint density at radius 2 is 1.89 bits per heavy atom. The number of carbonyl (C=O) groups excluding carboxylic acids is 1. The highest BCUT2D eigenvalue weighted by Crippen LogP contribution is 2.14. The van der Waals surface area contributed by atoms with E-state index in [9.17, 15) is 18.0 Å². The van der Waals surface area contributed by atoms with Gasteiger partial charge in [-0.3, -0.25) is 4.79 Å². The molecule has 0 aliphatic heterocycles. The molecule has 0 fully saturated rings. The molecule has 0 radical (unpaired) electrons. The van der Waals surface area contributed by atoms with E-state index in [0.29, 0.717) is 25.0 Å². The quantitative estimate of drug-likeness (QED) is 0.782. The van der Waals surface area contributed by atoms with Crippen LogP contribution in [0, 0.1) is 23.4 Å². The minimum Gasteiger partial charge on any atom is -0.396 e. The summed E-state index contributed by atoms with van der Waals surface area (Å²) in [5.41, 5.74) is -0.781. The first-order valence-corrected chi connectivity index (χ1v) is 5.99. The van der Waals surface area contributed by atoms with E-state index in [0.717, 1.165) is 0 Å². The Morgan fingerprint density at radius 3 is 2.42 bits per heavy atom. The predicted molar refractivity (Wildman–Crippen MR) is 64.1 cm³/mol. The van der Waals surface area contributed by atoms with E-state index in [2.05, 4.69) is 5.32 Å². The number of aliphatic hydroxyl groups is 1. The van der Waals surface area contributed by atoms with Crippen molar-refractivity contribution < 1.29 is 23.1 Å². The Hall–Kier alpha value is -1.56. The summed E-state index contributed by atoms with van der Waals surface area (Å²) in [7, 11) is 0. The molecule has 1 unspecified atom stereocenters. The minimum absolute atomic E-state index is 0.0508. The van der Waals surface area contributed by atoms with Crippen molar-refractivity contribution in [2.75, 3.05) is 13.2 Å². The van der Waals surface area contributed by atoms with Gasteiger partial charge in [-0.05, 0) is 18.8 Å². The van der Waals surface area contributed by atoms with Crippen molar-refractivity contribution in [2.45, 2.75) is 19.8 Å². The van der Waals surface area contributed by atoms with Crippen LogP contribution in [0.15, 0.2) is 12.1 Å². The van der Waals surface area contributed by atoms with Crippen LogP contribution in [0.2, 0.25) is 0 Å². The molecule has 1 aromatic carbocycles. The minimum atomic E-state index is -1.22. The van der Waals surface area contributed by atoms with Crippen LogP contribution in [-0.4, -0.2) is 24.2 Å². The maximum absolute atomic E-state index is 13.3. The molecule has 2 N–H and O–H groups in total. The molecule has 6 heteroatoms. The molecule has 0 saturated heterocycles. The number of carbonyl (C=O) groups is 1. The van der Waals surface area contributed by atoms with Crippen LogP contribution >= 0.6 is 0 Å². The second-order valence-electron chi connectivity index (χ2n) is 4.43. The van der Waals surface area contributed by atoms with E-state index in [1.54, 1.807) is 0 Å². The van der Waals surface area contributed by atoms with Crippen molar-refractivity contribution in [3.63, 3.8) is 0 Å². The average Bonchev–Trinajstić information content (AvgIpc) is 2.33. The highest BCUT2D eigenvalue weighted by Gasteiger charge is 2.18. The first-order valence-electron chi connectivity index (χ1n) is 5.99. The number of rotatable bonds is 6. The molecule has 106 valence electrons. The number of amides is 1. The molecule has 1 atom stereocenters. The molecule has 0 bridgehead atoms. The molecule has 0 saturated carbocycles. The van der Waals surface area contributed by atoms with Crippen LogP contribution in [-0.2, 0) is 0 Å². The van der Waals surface area contributed by atoms with E-state index < -0.39 is 28.9 Å². The lowest BCUT2D eigenvalue weighted by molar-refractivity contribution is 0.0943. The van der Waals surface area contributed by atoms with Crippen molar-refractivity contribution in [3.8, 4) is 0 Å². The van der Waals surface area contributed by atoms with Crippen LogP contribution in [0.25, 0.3) is 0 Å². The lowest BCUT2D eigenvalue weighted by atomic mass is 10.1. The fourth-order valence-corrected chi connectivity index (χ4v) is 1.59. The van der Waals surface area contributed by atoms with Crippen LogP contribution in [0.4, 0.5) is 13.2 Å². The van der Waals surface area contributed by atoms with E-state index in [-0.39, 0.29) is 19.1 Å². The van der Waals surface area contributed by atoms with Gasteiger partial charge in [-0.1, -0.05) is 6.92 Å². The Kier molecular flexibility index (Phi) is 5.82. The Bertz CT molecular complexity index is 429. The molecular weight excluding hydrogens is 259 g/mol. The molecule has 19 heavy (non-hydrogen) atoms. The van der Waals surface area contributed by atoms with Crippen molar-refractivity contribution >= 4 is 5.91 Å². The Morgan fingerprint density at radius 1 is 1.32 bits per heavy atom. The summed E-state index contributed by atoms with van der Waals surface area (Å²) in [6, 6.07) is 0.928. The maximum Gasteiger partial charge on any atom is 0.257 e. The molecule has 0 aliphatic rings. The lowest BCUT2D eigenvalue weighted by Gasteiger charge is -2.09. The topological polar surface area (TPSA) is 49.3 Å². The molecule has 3 nitrogen and oxygen atoms in total. The van der Waals surface area contributed by atoms with Crippen LogP contribution in [0.5, 0.6) is 0 Å². The third-order valence-corrected chi connectivity index (χ3v) is 2.70. The molecule has 0 aliphatic carbocycles. The van der Waals surface area contributed by atoms with Gasteiger partial charge in [0.25, 0.3) is 5.91 Å². The molecule has 0 spiro atoms. The van der Waals surface area contributed by atoms with E-state index >= 15 is 0 Å². The summed E-state index contributed by atoms with van der Waals surface area (Å²) in [5.74, 6) is -4.32. The van der Waals surface area contributed by atoms with Gasteiger partial charge in [0.2, 0.25) is 0 Å². The largest absolute Gasteiger partial charge is 0.396 e. The van der Waals surface area contributed by atoms with Crippen LogP contribution in [0.1, 0.15) is 30.1 Å². The summed E-state index contributed by atoms with van der Waals surface area (Å²) in [5, 5.41) is 11.2. The number of aliphatic hydroxyl groups excluding tert-OH is 1. The summed E-state index contributed by atoms with van der Waals surface area (Å²) >= 11 is 0. The van der Waals surface area contributed by atoms with Crippen LogP contribution < -0.4 is 5.32 Å². The van der Waals surface area contributed by atoms with E-state index in [1.165, 1.54) is 0 Å². The van der Waals surface area contributed by atoms with Crippen molar-refractivity contribution in [3.05, 3.63) is 35.1 Å². The Labute approximate surface area is 109 Å². The molecule has 1 aromatic rings. The standard InChI is InChI=1S/C13H16F3NO2/c1-8(7-18)3-2-4-17-13(19)12-10(15)5-9(14)6-11(12)16/h5-6,8,18H,2-4,7H2,1H3,(H,17,19). The maximum atomic E-state index is 13.3. The summed E-state index contributed by atoms with van der Waals surface area (Å²) in [6.45, 7) is 2.13. The van der Waals surface area contributed by atoms with Gasteiger partial charge in [0.05, 0.1) is 0 Å². The highest BCUT2D eigenvalue weighted by atomic mass is 19.1. The number of hydrogen-bond acceptors (Lipinski definition) is 2. The number of hydrogen-bond donors (Lipinski definition) is 2. The monoisotopic (exact) mass is 275 g/mol. The zero-order valence-electron chi connectivity index (χ0n) is 10.5. The summed E-state index contributed by atoms with van der Waals surface area (Å²) in [6.07, 6.45) is 1.27. The number of nitrogens with one attached hydrogen (secondary N) is 1. The number of halogens is 3. The highest BCUT2D eigenvalue weighted by molar-refractivity contribution is 5.94. The molecule has 1 rings (SSSR count). The molecule has 0 aromatic heterocycles. The van der Waals surface area contributed by atoms with Gasteiger partial charge < -0.3 is 10.4 Å².